The van der Waals surface area contributed by atoms with Crippen LogP contribution in [0.25, 0.3) is 0 Å². The van der Waals surface area contributed by atoms with Crippen LogP contribution in [-0.2, 0) is 14.8 Å². The monoisotopic (exact) mass is 491 g/mol. The van der Waals surface area contributed by atoms with Crippen LogP contribution in [0.4, 0.5) is 5.69 Å². The number of hydrogen-bond acceptors (Lipinski definition) is 4. The van der Waals surface area contributed by atoms with Crippen molar-refractivity contribution in [3.05, 3.63) is 58.6 Å². The molecule has 1 saturated heterocycles. The third-order valence-corrected chi connectivity index (χ3v) is 8.13. The molecule has 178 valence electrons. The lowest BCUT2D eigenvalue weighted by Crippen LogP contribution is -2.41. The van der Waals surface area contributed by atoms with Crippen LogP contribution in [0.1, 0.15) is 48.5 Å². The molecule has 2 amide bonds. The molecule has 1 heterocycles. The lowest BCUT2D eigenvalue weighted by molar-refractivity contribution is -0.120. The Kier molecular flexibility index (Phi) is 7.82. The van der Waals surface area contributed by atoms with Crippen molar-refractivity contribution in [1.82, 2.24) is 9.21 Å². The average Bonchev–Trinajstić information content (AvgIpc) is 2.80. The first kappa shape index (κ1) is 25.2. The quantitative estimate of drug-likeness (QED) is 0.655. The van der Waals surface area contributed by atoms with Crippen LogP contribution in [-0.4, -0.2) is 56.6 Å². The van der Waals surface area contributed by atoms with E-state index in [-0.39, 0.29) is 35.7 Å². The number of nitrogens with one attached hydrogen (secondary N) is 1. The van der Waals surface area contributed by atoms with Crippen molar-refractivity contribution in [2.24, 2.45) is 5.92 Å². The Morgan fingerprint density at radius 3 is 2.21 bits per heavy atom. The lowest BCUT2D eigenvalue weighted by atomic mass is 9.97. The maximum absolute atomic E-state index is 13.0. The first-order valence-corrected chi connectivity index (χ1v) is 12.7. The second-order valence-electron chi connectivity index (χ2n) is 8.79. The third-order valence-electron chi connectivity index (χ3n) is 5.89. The number of carbonyl (C=O) groups is 2. The molecule has 0 unspecified atom stereocenters. The van der Waals surface area contributed by atoms with Gasteiger partial charge in [0.15, 0.2) is 0 Å². The molecule has 0 radical (unpaired) electrons. The molecule has 0 aromatic heterocycles. The fourth-order valence-electron chi connectivity index (χ4n) is 3.78. The number of nitrogens with zero attached hydrogens (tertiary/aromatic N) is 2. The van der Waals surface area contributed by atoms with E-state index in [4.69, 9.17) is 11.6 Å². The fourth-order valence-corrected chi connectivity index (χ4v) is 5.41. The van der Waals surface area contributed by atoms with Gasteiger partial charge < -0.3 is 10.2 Å². The number of halogens is 1. The van der Waals surface area contributed by atoms with Crippen molar-refractivity contribution in [2.45, 2.75) is 37.5 Å². The standard InChI is InChI=1S/C24H30ClN3O4S/c1-16(2)17-5-8-20(9-6-17)33(31,32)28-13-11-18(12-14-28)23(29)26-22-15-19(7-10-21(22)25)24(30)27(3)4/h5-10,15-16,18H,11-14H2,1-4H3,(H,26,29). The molecule has 33 heavy (non-hydrogen) atoms. The van der Waals surface area contributed by atoms with Crippen LogP contribution < -0.4 is 5.32 Å². The summed E-state index contributed by atoms with van der Waals surface area (Å²) in [5.41, 5.74) is 1.87. The van der Waals surface area contributed by atoms with Crippen molar-refractivity contribution >= 4 is 39.1 Å². The molecule has 1 aliphatic heterocycles. The van der Waals surface area contributed by atoms with Crippen molar-refractivity contribution in [3.63, 3.8) is 0 Å². The van der Waals surface area contributed by atoms with Gasteiger partial charge in [0.1, 0.15) is 0 Å². The molecule has 7 nitrogen and oxygen atoms in total. The zero-order chi connectivity index (χ0) is 24.3. The van der Waals surface area contributed by atoms with Gasteiger partial charge in [-0.25, -0.2) is 8.42 Å². The molecule has 0 saturated carbocycles. The van der Waals surface area contributed by atoms with Crippen molar-refractivity contribution in [2.75, 3.05) is 32.5 Å². The van der Waals surface area contributed by atoms with E-state index < -0.39 is 10.0 Å². The largest absolute Gasteiger partial charge is 0.345 e. The predicted octanol–water partition coefficient (Wildman–Crippen LogP) is 4.20. The Labute approximate surface area is 200 Å². The van der Waals surface area contributed by atoms with Gasteiger partial charge in [-0.15, -0.1) is 0 Å². The molecular weight excluding hydrogens is 462 g/mol. The van der Waals surface area contributed by atoms with Crippen LogP contribution in [0.2, 0.25) is 5.02 Å². The van der Waals surface area contributed by atoms with Gasteiger partial charge in [0.25, 0.3) is 5.91 Å². The van der Waals surface area contributed by atoms with Gasteiger partial charge in [-0.2, -0.15) is 4.31 Å². The van der Waals surface area contributed by atoms with Gasteiger partial charge in [-0.3, -0.25) is 9.59 Å². The summed E-state index contributed by atoms with van der Waals surface area (Å²) in [6.07, 6.45) is 0.812. The number of sulfonamides is 1. The Morgan fingerprint density at radius 1 is 1.06 bits per heavy atom. The smallest absolute Gasteiger partial charge is 0.253 e. The second-order valence-corrected chi connectivity index (χ2v) is 11.1. The van der Waals surface area contributed by atoms with E-state index in [2.05, 4.69) is 19.2 Å². The molecule has 0 atom stereocenters. The SMILES string of the molecule is CC(C)c1ccc(S(=O)(=O)N2CCC(C(=O)Nc3cc(C(=O)N(C)C)ccc3Cl)CC2)cc1. The lowest BCUT2D eigenvalue weighted by Gasteiger charge is -2.30. The van der Waals surface area contributed by atoms with Gasteiger partial charge in [0, 0.05) is 38.7 Å². The summed E-state index contributed by atoms with van der Waals surface area (Å²) in [6.45, 7) is 4.64. The average molecular weight is 492 g/mol. The van der Waals surface area contributed by atoms with Crippen molar-refractivity contribution < 1.29 is 18.0 Å². The Bertz CT molecular complexity index is 1120. The minimum Gasteiger partial charge on any atom is -0.345 e. The molecule has 0 aliphatic carbocycles. The van der Waals surface area contributed by atoms with Gasteiger partial charge >= 0.3 is 0 Å². The zero-order valence-electron chi connectivity index (χ0n) is 19.3. The summed E-state index contributed by atoms with van der Waals surface area (Å²) in [4.78, 5) is 26.7. The molecule has 9 heteroatoms. The molecule has 3 rings (SSSR count). The number of rotatable bonds is 6. The highest BCUT2D eigenvalue weighted by Gasteiger charge is 2.32. The minimum absolute atomic E-state index is 0.192. The van der Waals surface area contributed by atoms with Gasteiger partial charge in [0.2, 0.25) is 15.9 Å². The summed E-state index contributed by atoms with van der Waals surface area (Å²) >= 11 is 6.22. The number of hydrogen-bond donors (Lipinski definition) is 1. The fraction of sp³-hybridized carbons (Fsp3) is 0.417. The molecule has 2 aromatic carbocycles. The molecule has 1 fully saturated rings. The molecular formula is C24H30ClN3O4S. The van der Waals surface area contributed by atoms with E-state index >= 15 is 0 Å². The van der Waals surface area contributed by atoms with Crippen molar-refractivity contribution in [1.29, 1.82) is 0 Å². The van der Waals surface area contributed by atoms with Gasteiger partial charge in [-0.1, -0.05) is 37.6 Å². The molecule has 0 spiro atoms. The van der Waals surface area contributed by atoms with E-state index in [0.29, 0.717) is 35.0 Å². The predicted molar refractivity (Wildman–Crippen MR) is 130 cm³/mol. The van der Waals surface area contributed by atoms with Crippen LogP contribution in [0, 0.1) is 5.92 Å². The van der Waals surface area contributed by atoms with E-state index in [1.54, 1.807) is 44.4 Å². The summed E-state index contributed by atoms with van der Waals surface area (Å²) in [5.74, 6) is -0.443. The Balaban J connectivity index is 1.64. The van der Waals surface area contributed by atoms with E-state index in [1.807, 2.05) is 12.1 Å². The highest BCUT2D eigenvalue weighted by Crippen LogP contribution is 2.28. The Hall–Kier alpha value is -2.42. The van der Waals surface area contributed by atoms with Gasteiger partial charge in [0.05, 0.1) is 15.6 Å². The number of benzene rings is 2. The maximum Gasteiger partial charge on any atom is 0.253 e. The number of piperidine rings is 1. The minimum atomic E-state index is -3.60. The maximum atomic E-state index is 13.0. The number of anilines is 1. The first-order chi connectivity index (χ1) is 15.5. The normalized spacial score (nSPS) is 15.5. The van der Waals surface area contributed by atoms with E-state index in [9.17, 15) is 18.0 Å². The van der Waals surface area contributed by atoms with Crippen molar-refractivity contribution in [3.8, 4) is 0 Å². The topological polar surface area (TPSA) is 86.8 Å². The van der Waals surface area contributed by atoms with Crippen LogP contribution in [0.3, 0.4) is 0 Å². The van der Waals surface area contributed by atoms with E-state index in [1.165, 1.54) is 9.21 Å². The second kappa shape index (κ2) is 10.2. The zero-order valence-corrected chi connectivity index (χ0v) is 20.9. The first-order valence-electron chi connectivity index (χ1n) is 10.9. The van der Waals surface area contributed by atoms with Gasteiger partial charge in [-0.05, 0) is 54.7 Å². The van der Waals surface area contributed by atoms with Crippen LogP contribution >= 0.6 is 11.6 Å². The number of carbonyl (C=O) groups excluding carboxylic acids is 2. The summed E-state index contributed by atoms with van der Waals surface area (Å²) in [5, 5.41) is 3.14. The molecule has 1 aliphatic rings. The Morgan fingerprint density at radius 2 is 1.67 bits per heavy atom. The summed E-state index contributed by atoms with van der Waals surface area (Å²) in [6, 6.07) is 11.7. The highest BCUT2D eigenvalue weighted by atomic mass is 35.5. The molecule has 2 aromatic rings. The third kappa shape index (κ3) is 5.75. The van der Waals surface area contributed by atoms with Crippen LogP contribution in [0.15, 0.2) is 47.4 Å². The van der Waals surface area contributed by atoms with Crippen LogP contribution in [0.5, 0.6) is 0 Å². The highest BCUT2D eigenvalue weighted by molar-refractivity contribution is 7.89. The summed E-state index contributed by atoms with van der Waals surface area (Å²) in [7, 11) is -0.307. The summed E-state index contributed by atoms with van der Waals surface area (Å²) < 4.78 is 27.5. The van der Waals surface area contributed by atoms with E-state index in [0.717, 1.165) is 5.56 Å². The molecule has 1 N–H and O–H groups in total. The number of amides is 2. The molecule has 0 bridgehead atoms.